The van der Waals surface area contributed by atoms with E-state index < -0.39 is 0 Å². The maximum atomic E-state index is 13.0. The van der Waals surface area contributed by atoms with E-state index in [0.29, 0.717) is 29.6 Å². The fourth-order valence-corrected chi connectivity index (χ4v) is 3.48. The molecule has 2 aromatic carbocycles. The summed E-state index contributed by atoms with van der Waals surface area (Å²) >= 11 is 0. The van der Waals surface area contributed by atoms with Gasteiger partial charge >= 0.3 is 0 Å². The van der Waals surface area contributed by atoms with Gasteiger partial charge in [-0.25, -0.2) is 0 Å². The quantitative estimate of drug-likeness (QED) is 0.586. The highest BCUT2D eigenvalue weighted by Gasteiger charge is 2.15. The van der Waals surface area contributed by atoms with E-state index in [2.05, 4.69) is 22.3 Å². The summed E-state index contributed by atoms with van der Waals surface area (Å²) in [5.74, 6) is 0. The van der Waals surface area contributed by atoms with Crippen molar-refractivity contribution in [2.24, 2.45) is 5.73 Å². The number of pyridine rings is 1. The van der Waals surface area contributed by atoms with Crippen LogP contribution in [-0.2, 0) is 6.54 Å². The number of fused-ring (bicyclic) bond motifs is 3. The molecule has 2 aromatic heterocycles. The molecule has 0 aliphatic rings. The van der Waals surface area contributed by atoms with Crippen molar-refractivity contribution in [3.8, 4) is 17.2 Å². The second-order valence-corrected chi connectivity index (χ2v) is 6.59. The molecule has 0 aliphatic carbocycles. The summed E-state index contributed by atoms with van der Waals surface area (Å²) in [6, 6.07) is 15.6. The van der Waals surface area contributed by atoms with E-state index in [4.69, 9.17) is 11.0 Å². The van der Waals surface area contributed by atoms with Gasteiger partial charge < -0.3 is 10.3 Å². The van der Waals surface area contributed by atoms with Crippen molar-refractivity contribution in [1.82, 2.24) is 14.8 Å². The van der Waals surface area contributed by atoms with Gasteiger partial charge in [-0.3, -0.25) is 9.89 Å². The van der Waals surface area contributed by atoms with Crippen molar-refractivity contribution in [2.75, 3.05) is 6.54 Å². The largest absolute Gasteiger partial charge is 0.330 e. The minimum Gasteiger partial charge on any atom is -0.330 e. The fourth-order valence-electron chi connectivity index (χ4n) is 3.48. The highest BCUT2D eigenvalue weighted by atomic mass is 16.1. The number of aromatic nitrogens is 3. The van der Waals surface area contributed by atoms with E-state index in [1.807, 2.05) is 31.2 Å². The average Bonchev–Trinajstić information content (AvgIpc) is 3.10. The summed E-state index contributed by atoms with van der Waals surface area (Å²) in [7, 11) is 0. The average molecular weight is 357 g/mol. The van der Waals surface area contributed by atoms with Crippen LogP contribution in [0.2, 0.25) is 0 Å². The van der Waals surface area contributed by atoms with Crippen LogP contribution in [0.5, 0.6) is 0 Å². The van der Waals surface area contributed by atoms with Gasteiger partial charge in [0.15, 0.2) is 0 Å². The Kier molecular flexibility index (Phi) is 4.22. The third kappa shape index (κ3) is 2.78. The van der Waals surface area contributed by atoms with Crippen LogP contribution < -0.4 is 11.3 Å². The second-order valence-electron chi connectivity index (χ2n) is 6.59. The molecule has 2 heterocycles. The molecule has 0 saturated carbocycles. The number of aryl methyl sites for hydroxylation is 2. The third-order valence-corrected chi connectivity index (χ3v) is 4.88. The number of hydrogen-bond donors (Lipinski definition) is 2. The van der Waals surface area contributed by atoms with Gasteiger partial charge in [0.05, 0.1) is 22.5 Å². The normalized spacial score (nSPS) is 11.1. The highest BCUT2D eigenvalue weighted by molar-refractivity contribution is 6.05. The Labute approximate surface area is 155 Å². The molecule has 6 heteroatoms. The van der Waals surface area contributed by atoms with Gasteiger partial charge in [-0.2, -0.15) is 10.4 Å². The first kappa shape index (κ1) is 17.0. The van der Waals surface area contributed by atoms with Crippen LogP contribution in [0.3, 0.4) is 0 Å². The number of nitriles is 1. The van der Waals surface area contributed by atoms with E-state index in [-0.39, 0.29) is 5.56 Å². The smallest absolute Gasteiger partial charge is 0.262 e. The van der Waals surface area contributed by atoms with Crippen molar-refractivity contribution >= 4 is 21.8 Å². The van der Waals surface area contributed by atoms with Gasteiger partial charge in [0, 0.05) is 17.6 Å². The van der Waals surface area contributed by atoms with Gasteiger partial charge in [0.25, 0.3) is 5.56 Å². The predicted molar refractivity (Wildman–Crippen MR) is 106 cm³/mol. The monoisotopic (exact) mass is 357 g/mol. The molecular formula is C21H19N5O. The maximum Gasteiger partial charge on any atom is 0.262 e. The standard InChI is InChI=1S/C21H19N5O/c1-13-19-20(25-24-13)17-11-16(15-5-3-14(12-23)4-6-15)7-8-18(17)26(21(19)27)10-2-9-22/h3-8,11H,2,9-10,22H2,1H3,(H,24,25). The lowest BCUT2D eigenvalue weighted by molar-refractivity contribution is 0.654. The van der Waals surface area contributed by atoms with Crippen molar-refractivity contribution in [3.05, 3.63) is 64.1 Å². The molecule has 0 unspecified atom stereocenters. The number of aromatic amines is 1. The van der Waals surface area contributed by atoms with Crippen molar-refractivity contribution in [1.29, 1.82) is 5.26 Å². The number of hydrogen-bond acceptors (Lipinski definition) is 4. The van der Waals surface area contributed by atoms with Crippen LogP contribution in [0.1, 0.15) is 17.7 Å². The zero-order valence-corrected chi connectivity index (χ0v) is 15.0. The van der Waals surface area contributed by atoms with E-state index in [1.54, 1.807) is 16.7 Å². The molecule has 134 valence electrons. The molecule has 6 nitrogen and oxygen atoms in total. The first-order chi connectivity index (χ1) is 13.1. The predicted octanol–water partition coefficient (Wildman–Crippen LogP) is 3.07. The number of nitrogens with one attached hydrogen (secondary N) is 1. The molecule has 0 bridgehead atoms. The topological polar surface area (TPSA) is 100 Å². The Morgan fingerprint density at radius 2 is 1.93 bits per heavy atom. The van der Waals surface area contributed by atoms with Crippen LogP contribution in [-0.4, -0.2) is 21.3 Å². The molecule has 3 N–H and O–H groups in total. The molecule has 0 amide bonds. The zero-order chi connectivity index (χ0) is 19.0. The minimum atomic E-state index is -0.0386. The van der Waals surface area contributed by atoms with E-state index >= 15 is 0 Å². The van der Waals surface area contributed by atoms with Crippen molar-refractivity contribution in [2.45, 2.75) is 19.9 Å². The zero-order valence-electron chi connectivity index (χ0n) is 15.0. The van der Waals surface area contributed by atoms with E-state index in [0.717, 1.165) is 34.1 Å². The van der Waals surface area contributed by atoms with Crippen LogP contribution in [0.4, 0.5) is 0 Å². The Balaban J connectivity index is 1.99. The molecular weight excluding hydrogens is 338 g/mol. The molecule has 0 radical (unpaired) electrons. The molecule has 0 saturated heterocycles. The Bertz CT molecular complexity index is 1240. The molecule has 4 rings (SSSR count). The van der Waals surface area contributed by atoms with Crippen molar-refractivity contribution in [3.63, 3.8) is 0 Å². The second kappa shape index (κ2) is 6.71. The Morgan fingerprint density at radius 1 is 1.19 bits per heavy atom. The molecule has 27 heavy (non-hydrogen) atoms. The Morgan fingerprint density at radius 3 is 2.63 bits per heavy atom. The lowest BCUT2D eigenvalue weighted by Gasteiger charge is -2.12. The van der Waals surface area contributed by atoms with Crippen LogP contribution in [0.25, 0.3) is 32.9 Å². The molecule has 0 fully saturated rings. The number of rotatable bonds is 4. The maximum absolute atomic E-state index is 13.0. The van der Waals surface area contributed by atoms with Gasteiger partial charge in [-0.1, -0.05) is 18.2 Å². The summed E-state index contributed by atoms with van der Waals surface area (Å²) in [5, 5.41) is 17.9. The fraction of sp³-hybridized carbons (Fsp3) is 0.190. The number of nitrogens with two attached hydrogens (primary N) is 1. The van der Waals surface area contributed by atoms with Gasteiger partial charge in [0.1, 0.15) is 5.52 Å². The third-order valence-electron chi connectivity index (χ3n) is 4.88. The number of H-pyrrole nitrogens is 1. The molecule has 0 atom stereocenters. The van der Waals surface area contributed by atoms with Crippen LogP contribution in [0, 0.1) is 18.3 Å². The minimum absolute atomic E-state index is 0.0386. The summed E-state index contributed by atoms with van der Waals surface area (Å²) in [4.78, 5) is 13.0. The molecule has 0 spiro atoms. The van der Waals surface area contributed by atoms with Crippen LogP contribution in [0.15, 0.2) is 47.3 Å². The van der Waals surface area contributed by atoms with Gasteiger partial charge in [-0.05, 0) is 55.3 Å². The number of nitrogens with zero attached hydrogens (tertiary/aromatic N) is 3. The lowest BCUT2D eigenvalue weighted by Crippen LogP contribution is -2.22. The highest BCUT2D eigenvalue weighted by Crippen LogP contribution is 2.28. The summed E-state index contributed by atoms with van der Waals surface area (Å²) in [6.07, 6.45) is 0.731. The Hall–Kier alpha value is -3.43. The summed E-state index contributed by atoms with van der Waals surface area (Å²) in [6.45, 7) is 2.96. The first-order valence-corrected chi connectivity index (χ1v) is 8.86. The van der Waals surface area contributed by atoms with Crippen LogP contribution >= 0.6 is 0 Å². The van der Waals surface area contributed by atoms with E-state index in [9.17, 15) is 4.79 Å². The summed E-state index contributed by atoms with van der Waals surface area (Å²) < 4.78 is 1.79. The van der Waals surface area contributed by atoms with Gasteiger partial charge in [-0.15, -0.1) is 0 Å². The number of benzene rings is 2. The lowest BCUT2D eigenvalue weighted by atomic mass is 10.0. The molecule has 0 aliphatic heterocycles. The summed E-state index contributed by atoms with van der Waals surface area (Å²) in [5.41, 5.74) is 10.6. The van der Waals surface area contributed by atoms with E-state index in [1.165, 1.54) is 0 Å². The van der Waals surface area contributed by atoms with Crippen molar-refractivity contribution < 1.29 is 0 Å². The van der Waals surface area contributed by atoms with Gasteiger partial charge in [0.2, 0.25) is 0 Å². The SMILES string of the molecule is Cc1[nH]nc2c1c(=O)n(CCCN)c1ccc(-c3ccc(C#N)cc3)cc21. The molecule has 4 aromatic rings. The first-order valence-electron chi connectivity index (χ1n) is 8.86.